The van der Waals surface area contributed by atoms with E-state index in [9.17, 15) is 0 Å². The van der Waals surface area contributed by atoms with E-state index in [0.29, 0.717) is 0 Å². The van der Waals surface area contributed by atoms with Crippen LogP contribution in [0.4, 0.5) is 5.69 Å². The monoisotopic (exact) mass is 317 g/mol. The summed E-state index contributed by atoms with van der Waals surface area (Å²) in [7, 11) is 1.99. The maximum absolute atomic E-state index is 8.77. The maximum Gasteiger partial charge on any atom is 0.172 e. The summed E-state index contributed by atoms with van der Waals surface area (Å²) in [5, 5.41) is 11.8. The summed E-state index contributed by atoms with van der Waals surface area (Å²) in [4.78, 5) is 2.09. The van der Waals surface area contributed by atoms with Gasteiger partial charge >= 0.3 is 0 Å². The number of thioether (sulfide) groups is 1. The van der Waals surface area contributed by atoms with Crippen molar-refractivity contribution in [3.8, 4) is 0 Å². The minimum atomic E-state index is 0.128. The molecule has 0 aliphatic heterocycles. The average Bonchev–Trinajstić information content (AvgIpc) is 2.34. The summed E-state index contributed by atoms with van der Waals surface area (Å²) in [5.74, 6) is 1.15. The Hall–Kier alpha value is -0.880. The Bertz CT molecular complexity index is 412. The van der Waals surface area contributed by atoms with E-state index in [1.54, 1.807) is 11.8 Å². The second-order valence-electron chi connectivity index (χ2n) is 3.56. The third-order valence-corrected chi connectivity index (χ3v) is 3.47. The zero-order chi connectivity index (χ0) is 12.8. The first-order valence-electron chi connectivity index (χ1n) is 5.07. The highest BCUT2D eigenvalue weighted by Crippen LogP contribution is 2.24. The Morgan fingerprint density at radius 1 is 1.59 bits per heavy atom. The lowest BCUT2D eigenvalue weighted by Gasteiger charge is -2.22. The molecule has 0 atom stereocenters. The molecule has 0 saturated heterocycles. The first-order chi connectivity index (χ1) is 8.10. The van der Waals surface area contributed by atoms with Gasteiger partial charge in [0.2, 0.25) is 0 Å². The predicted molar refractivity (Wildman–Crippen MR) is 78.3 cm³/mol. The lowest BCUT2D eigenvalue weighted by molar-refractivity contribution is 0.318. The van der Waals surface area contributed by atoms with Crippen molar-refractivity contribution < 1.29 is 5.21 Å². The van der Waals surface area contributed by atoms with E-state index in [1.807, 2.05) is 25.2 Å². The summed E-state index contributed by atoms with van der Waals surface area (Å²) in [6, 6.07) is 5.68. The predicted octanol–water partition coefficient (Wildman–Crippen LogP) is 2.34. The van der Waals surface area contributed by atoms with Crippen molar-refractivity contribution in [1.29, 1.82) is 0 Å². The van der Waals surface area contributed by atoms with Crippen molar-refractivity contribution in [2.45, 2.75) is 0 Å². The van der Waals surface area contributed by atoms with Crippen LogP contribution in [0.15, 0.2) is 27.8 Å². The fraction of sp³-hybridized carbons (Fsp3) is 0.364. The molecule has 0 radical (unpaired) electrons. The topological polar surface area (TPSA) is 61.8 Å². The lowest BCUT2D eigenvalue weighted by atomic mass is 10.1. The van der Waals surface area contributed by atoms with Gasteiger partial charge in [0.1, 0.15) is 0 Å². The number of nitrogens with zero attached hydrogens (tertiary/aromatic N) is 2. The van der Waals surface area contributed by atoms with E-state index >= 15 is 0 Å². The molecular formula is C11H16BrN3OS. The second-order valence-corrected chi connectivity index (χ2v) is 5.46. The summed E-state index contributed by atoms with van der Waals surface area (Å²) in [6.07, 6.45) is 2.07. The normalized spacial score (nSPS) is 11.6. The first kappa shape index (κ1) is 14.2. The summed E-state index contributed by atoms with van der Waals surface area (Å²) in [5.41, 5.74) is 7.35. The van der Waals surface area contributed by atoms with Crippen molar-refractivity contribution in [2.24, 2.45) is 10.9 Å². The van der Waals surface area contributed by atoms with Crippen molar-refractivity contribution in [1.82, 2.24) is 0 Å². The second kappa shape index (κ2) is 6.76. The maximum atomic E-state index is 8.77. The van der Waals surface area contributed by atoms with Gasteiger partial charge in [-0.1, -0.05) is 21.1 Å². The Morgan fingerprint density at radius 3 is 2.88 bits per heavy atom. The number of benzene rings is 1. The number of halogens is 1. The minimum Gasteiger partial charge on any atom is -0.409 e. The number of anilines is 1. The van der Waals surface area contributed by atoms with E-state index < -0.39 is 0 Å². The van der Waals surface area contributed by atoms with Crippen LogP contribution in [0.1, 0.15) is 5.56 Å². The molecule has 0 aliphatic carbocycles. The zero-order valence-electron chi connectivity index (χ0n) is 9.85. The standard InChI is InChI=1S/C11H16BrN3OS/c1-15(5-6-17-2)10-7-8(12)3-4-9(10)11(13)14-16/h3-4,7,16H,5-6H2,1-2H3,(H2,13,14). The van der Waals surface area contributed by atoms with Gasteiger partial charge in [0.15, 0.2) is 5.84 Å². The van der Waals surface area contributed by atoms with Gasteiger partial charge in [-0.15, -0.1) is 0 Å². The van der Waals surface area contributed by atoms with Gasteiger partial charge < -0.3 is 15.8 Å². The molecule has 6 heteroatoms. The van der Waals surface area contributed by atoms with E-state index in [1.165, 1.54) is 0 Å². The molecule has 17 heavy (non-hydrogen) atoms. The lowest BCUT2D eigenvalue weighted by Crippen LogP contribution is -2.25. The molecule has 0 unspecified atom stereocenters. The largest absolute Gasteiger partial charge is 0.409 e. The summed E-state index contributed by atoms with van der Waals surface area (Å²) < 4.78 is 0.970. The SMILES string of the molecule is CSCCN(C)c1cc(Br)ccc1/C(N)=N/O. The minimum absolute atomic E-state index is 0.128. The number of hydrogen-bond acceptors (Lipinski definition) is 4. The molecule has 1 aromatic carbocycles. The van der Waals surface area contributed by atoms with E-state index in [4.69, 9.17) is 10.9 Å². The fourth-order valence-electron chi connectivity index (χ4n) is 1.44. The molecule has 0 bridgehead atoms. The molecule has 1 rings (SSSR count). The molecule has 0 saturated carbocycles. The number of amidine groups is 1. The molecule has 0 spiro atoms. The van der Waals surface area contributed by atoms with Crippen LogP contribution in [0.25, 0.3) is 0 Å². The molecule has 1 aromatic rings. The average molecular weight is 318 g/mol. The van der Waals surface area contributed by atoms with Crippen molar-refractivity contribution in [2.75, 3.05) is 30.5 Å². The van der Waals surface area contributed by atoms with Crippen LogP contribution in [0.2, 0.25) is 0 Å². The quantitative estimate of drug-likeness (QED) is 0.379. The van der Waals surface area contributed by atoms with Crippen molar-refractivity contribution in [3.05, 3.63) is 28.2 Å². The van der Waals surface area contributed by atoms with E-state index in [-0.39, 0.29) is 5.84 Å². The Kier molecular flexibility index (Phi) is 5.64. The molecule has 0 amide bonds. The molecule has 0 heterocycles. The first-order valence-corrected chi connectivity index (χ1v) is 7.26. The number of nitrogens with two attached hydrogens (primary N) is 1. The molecular weight excluding hydrogens is 302 g/mol. The smallest absolute Gasteiger partial charge is 0.172 e. The van der Waals surface area contributed by atoms with Gasteiger partial charge in [0.25, 0.3) is 0 Å². The molecule has 3 N–H and O–H groups in total. The highest BCUT2D eigenvalue weighted by molar-refractivity contribution is 9.10. The van der Waals surface area contributed by atoms with Crippen LogP contribution >= 0.6 is 27.7 Å². The Balaban J connectivity index is 3.06. The van der Waals surface area contributed by atoms with Crippen LogP contribution in [-0.2, 0) is 0 Å². The van der Waals surface area contributed by atoms with Crippen LogP contribution in [0.5, 0.6) is 0 Å². The molecule has 0 fully saturated rings. The third-order valence-electron chi connectivity index (χ3n) is 2.39. The molecule has 94 valence electrons. The number of rotatable bonds is 5. The van der Waals surface area contributed by atoms with Gasteiger partial charge in [-0.25, -0.2) is 0 Å². The van der Waals surface area contributed by atoms with E-state index in [0.717, 1.165) is 28.0 Å². The molecule has 4 nitrogen and oxygen atoms in total. The molecule has 0 aliphatic rings. The fourth-order valence-corrected chi connectivity index (χ4v) is 2.25. The zero-order valence-corrected chi connectivity index (χ0v) is 12.3. The van der Waals surface area contributed by atoms with Gasteiger partial charge in [-0.05, 0) is 24.5 Å². The van der Waals surface area contributed by atoms with Crippen LogP contribution < -0.4 is 10.6 Å². The van der Waals surface area contributed by atoms with Gasteiger partial charge in [0.05, 0.1) is 0 Å². The van der Waals surface area contributed by atoms with Crippen LogP contribution in [-0.4, -0.2) is 36.6 Å². The van der Waals surface area contributed by atoms with Crippen molar-refractivity contribution >= 4 is 39.2 Å². The van der Waals surface area contributed by atoms with Gasteiger partial charge in [-0.3, -0.25) is 0 Å². The Labute approximate surface area is 114 Å². The van der Waals surface area contributed by atoms with Gasteiger partial charge in [0, 0.05) is 35.1 Å². The van der Waals surface area contributed by atoms with Crippen molar-refractivity contribution in [3.63, 3.8) is 0 Å². The van der Waals surface area contributed by atoms with Crippen LogP contribution in [0, 0.1) is 0 Å². The number of oxime groups is 1. The summed E-state index contributed by atoms with van der Waals surface area (Å²) >= 11 is 5.21. The third kappa shape index (κ3) is 3.81. The highest BCUT2D eigenvalue weighted by atomic mass is 79.9. The van der Waals surface area contributed by atoms with Crippen LogP contribution in [0.3, 0.4) is 0 Å². The Morgan fingerprint density at radius 2 is 2.29 bits per heavy atom. The highest BCUT2D eigenvalue weighted by Gasteiger charge is 2.11. The number of hydrogen-bond donors (Lipinski definition) is 2. The van der Waals surface area contributed by atoms with Gasteiger partial charge in [-0.2, -0.15) is 11.8 Å². The summed E-state index contributed by atoms with van der Waals surface area (Å²) in [6.45, 7) is 0.906. The molecule has 0 aromatic heterocycles. The van der Waals surface area contributed by atoms with E-state index in [2.05, 4.69) is 32.2 Å².